The number of halogens is 1. The molecule has 4 heteroatoms. The molecule has 20 heavy (non-hydrogen) atoms. The molecule has 2 aliphatic heterocycles. The molecule has 0 bridgehead atoms. The van der Waals surface area contributed by atoms with Crippen LogP contribution in [0, 0.1) is 0 Å². The molecule has 2 heterocycles. The fraction of sp³-hybridized carbons (Fsp3) is 0.625. The fourth-order valence-electron chi connectivity index (χ4n) is 3.38. The molecule has 1 aromatic carbocycles. The average Bonchev–Trinajstić information content (AvgIpc) is 2.86. The fourth-order valence-corrected chi connectivity index (χ4v) is 3.38. The van der Waals surface area contributed by atoms with Crippen LogP contribution in [0.4, 0.5) is 0 Å². The van der Waals surface area contributed by atoms with Crippen molar-refractivity contribution in [1.82, 2.24) is 4.90 Å². The van der Waals surface area contributed by atoms with E-state index >= 15 is 0 Å². The van der Waals surface area contributed by atoms with Crippen LogP contribution in [0.1, 0.15) is 37.3 Å². The number of rotatable bonds is 3. The Hall–Kier alpha value is -0.770. The zero-order valence-corrected chi connectivity index (χ0v) is 13.0. The number of hydrogen-bond donors (Lipinski definition) is 1. The first-order valence-electron chi connectivity index (χ1n) is 7.48. The van der Waals surface area contributed by atoms with Gasteiger partial charge in [0.05, 0.1) is 6.61 Å². The van der Waals surface area contributed by atoms with Crippen LogP contribution in [0.5, 0.6) is 5.75 Å². The van der Waals surface area contributed by atoms with Gasteiger partial charge in [-0.1, -0.05) is 18.6 Å². The summed E-state index contributed by atoms with van der Waals surface area (Å²) >= 11 is 0. The zero-order valence-electron chi connectivity index (χ0n) is 12.2. The van der Waals surface area contributed by atoms with Crippen LogP contribution in [0.15, 0.2) is 18.2 Å². The second-order valence-corrected chi connectivity index (χ2v) is 5.93. The Morgan fingerprint density at radius 1 is 1.40 bits per heavy atom. The normalized spacial score (nSPS) is 23.6. The lowest BCUT2D eigenvalue weighted by Crippen LogP contribution is -2.48. The Kier molecular flexibility index (Phi) is 5.30. The monoisotopic (exact) mass is 296 g/mol. The molecular weight excluding hydrogens is 272 g/mol. The summed E-state index contributed by atoms with van der Waals surface area (Å²) in [7, 11) is 0. The highest BCUT2D eigenvalue weighted by Crippen LogP contribution is 2.28. The molecule has 1 fully saturated rings. The topological polar surface area (TPSA) is 38.5 Å². The summed E-state index contributed by atoms with van der Waals surface area (Å²) in [6.07, 6.45) is 4.92. The number of fused-ring (bicyclic) bond motifs is 1. The number of nitrogens with two attached hydrogens (primary N) is 1. The van der Waals surface area contributed by atoms with E-state index in [0.717, 1.165) is 25.3 Å². The van der Waals surface area contributed by atoms with Crippen molar-refractivity contribution in [3.05, 3.63) is 29.3 Å². The second-order valence-electron chi connectivity index (χ2n) is 5.93. The quantitative estimate of drug-likeness (QED) is 0.932. The summed E-state index contributed by atoms with van der Waals surface area (Å²) in [6, 6.07) is 7.45. The Morgan fingerprint density at radius 3 is 3.05 bits per heavy atom. The molecule has 3 nitrogen and oxygen atoms in total. The zero-order chi connectivity index (χ0) is 13.2. The second kappa shape index (κ2) is 6.79. The van der Waals surface area contributed by atoms with E-state index in [0.29, 0.717) is 6.04 Å². The lowest BCUT2D eigenvalue weighted by molar-refractivity contribution is 0.123. The largest absolute Gasteiger partial charge is 0.493 e. The van der Waals surface area contributed by atoms with E-state index in [9.17, 15) is 0 Å². The number of benzene rings is 1. The Bertz CT molecular complexity index is 450. The van der Waals surface area contributed by atoms with E-state index in [-0.39, 0.29) is 18.4 Å². The lowest BCUT2D eigenvalue weighted by Gasteiger charge is -2.38. The average molecular weight is 297 g/mol. The summed E-state index contributed by atoms with van der Waals surface area (Å²) in [5.41, 5.74) is 8.91. The number of nitrogens with zero attached hydrogens (tertiary/aromatic N) is 1. The van der Waals surface area contributed by atoms with Gasteiger partial charge in [-0.15, -0.1) is 12.4 Å². The van der Waals surface area contributed by atoms with Gasteiger partial charge in [0, 0.05) is 25.0 Å². The molecule has 0 spiro atoms. The molecule has 0 radical (unpaired) electrons. The third kappa shape index (κ3) is 3.27. The van der Waals surface area contributed by atoms with Crippen LogP contribution in [0.25, 0.3) is 0 Å². The van der Waals surface area contributed by atoms with Crippen LogP contribution >= 0.6 is 12.4 Å². The third-order valence-corrected chi connectivity index (χ3v) is 4.41. The van der Waals surface area contributed by atoms with Crippen molar-refractivity contribution in [2.75, 3.05) is 13.2 Å². The lowest BCUT2D eigenvalue weighted by atomic mass is 9.96. The molecule has 2 unspecified atom stereocenters. The molecular formula is C16H25ClN2O. The predicted octanol–water partition coefficient (Wildman–Crippen LogP) is 2.75. The molecule has 2 N–H and O–H groups in total. The highest BCUT2D eigenvalue weighted by Gasteiger charge is 2.25. The van der Waals surface area contributed by atoms with Gasteiger partial charge in [0.2, 0.25) is 0 Å². The summed E-state index contributed by atoms with van der Waals surface area (Å²) in [4.78, 5) is 2.56. The molecule has 3 rings (SSSR count). The van der Waals surface area contributed by atoms with Crippen molar-refractivity contribution in [2.45, 2.75) is 51.2 Å². The maximum absolute atomic E-state index is 6.14. The van der Waals surface area contributed by atoms with Crippen LogP contribution < -0.4 is 10.5 Å². The summed E-state index contributed by atoms with van der Waals surface area (Å²) in [5.74, 6) is 1.08. The van der Waals surface area contributed by atoms with Crippen molar-refractivity contribution < 1.29 is 4.74 Å². The van der Waals surface area contributed by atoms with Gasteiger partial charge in [-0.25, -0.2) is 0 Å². The van der Waals surface area contributed by atoms with Crippen LogP contribution in [-0.4, -0.2) is 30.1 Å². The van der Waals surface area contributed by atoms with Crippen molar-refractivity contribution in [3.8, 4) is 5.75 Å². The van der Waals surface area contributed by atoms with Gasteiger partial charge in [0.25, 0.3) is 0 Å². The van der Waals surface area contributed by atoms with Gasteiger partial charge in [0.1, 0.15) is 5.75 Å². The maximum atomic E-state index is 6.14. The molecule has 0 aliphatic carbocycles. The van der Waals surface area contributed by atoms with Gasteiger partial charge in [0.15, 0.2) is 0 Å². The molecule has 112 valence electrons. The molecule has 0 saturated carbocycles. The number of piperidine rings is 1. The van der Waals surface area contributed by atoms with Gasteiger partial charge < -0.3 is 10.5 Å². The van der Waals surface area contributed by atoms with Crippen molar-refractivity contribution in [1.29, 1.82) is 0 Å². The first-order chi connectivity index (χ1) is 9.24. The van der Waals surface area contributed by atoms with Crippen LogP contribution in [0.3, 0.4) is 0 Å². The highest BCUT2D eigenvalue weighted by molar-refractivity contribution is 5.85. The Balaban J connectivity index is 0.00000147. The first-order valence-corrected chi connectivity index (χ1v) is 7.48. The standard InChI is InChI=1S/C16H24N2O.ClH/c1-12(17)15-4-2-3-8-18(15)11-13-5-6-16-14(10-13)7-9-19-16;/h5-6,10,12,15H,2-4,7-9,11,17H2,1H3;1H. The summed E-state index contributed by atoms with van der Waals surface area (Å²) in [6.45, 7) is 5.18. The summed E-state index contributed by atoms with van der Waals surface area (Å²) < 4.78 is 5.57. The molecule has 1 saturated heterocycles. The highest BCUT2D eigenvalue weighted by atomic mass is 35.5. The molecule has 1 aromatic rings. The van der Waals surface area contributed by atoms with Crippen LogP contribution in [0.2, 0.25) is 0 Å². The number of ether oxygens (including phenoxy) is 1. The molecule has 0 aromatic heterocycles. The minimum Gasteiger partial charge on any atom is -0.493 e. The Labute approximate surface area is 127 Å². The van der Waals surface area contributed by atoms with E-state index in [1.807, 2.05) is 0 Å². The van der Waals surface area contributed by atoms with E-state index in [1.165, 1.54) is 36.9 Å². The van der Waals surface area contributed by atoms with E-state index in [2.05, 4.69) is 30.0 Å². The number of likely N-dealkylation sites (tertiary alicyclic amines) is 1. The number of hydrogen-bond acceptors (Lipinski definition) is 3. The van der Waals surface area contributed by atoms with Crippen LogP contribution in [-0.2, 0) is 13.0 Å². The summed E-state index contributed by atoms with van der Waals surface area (Å²) in [5, 5.41) is 0. The van der Waals surface area contributed by atoms with E-state index < -0.39 is 0 Å². The first kappa shape index (κ1) is 15.6. The Morgan fingerprint density at radius 2 is 2.25 bits per heavy atom. The van der Waals surface area contributed by atoms with Crippen molar-refractivity contribution >= 4 is 12.4 Å². The van der Waals surface area contributed by atoms with Gasteiger partial charge in [-0.05, 0) is 43.5 Å². The van der Waals surface area contributed by atoms with Gasteiger partial charge >= 0.3 is 0 Å². The SMILES string of the molecule is CC(N)C1CCCCN1Cc1ccc2c(c1)CCO2.Cl. The van der Waals surface area contributed by atoms with Crippen molar-refractivity contribution in [2.24, 2.45) is 5.73 Å². The molecule has 0 amide bonds. The van der Waals surface area contributed by atoms with Gasteiger partial charge in [-0.3, -0.25) is 4.90 Å². The maximum Gasteiger partial charge on any atom is 0.122 e. The predicted molar refractivity (Wildman–Crippen MR) is 84.6 cm³/mol. The van der Waals surface area contributed by atoms with Crippen molar-refractivity contribution in [3.63, 3.8) is 0 Å². The third-order valence-electron chi connectivity index (χ3n) is 4.41. The minimum absolute atomic E-state index is 0. The molecule has 2 aliphatic rings. The smallest absolute Gasteiger partial charge is 0.122 e. The molecule has 2 atom stereocenters. The van der Waals surface area contributed by atoms with E-state index in [1.54, 1.807) is 0 Å². The van der Waals surface area contributed by atoms with E-state index in [4.69, 9.17) is 10.5 Å². The van der Waals surface area contributed by atoms with Gasteiger partial charge in [-0.2, -0.15) is 0 Å². The minimum atomic E-state index is 0.